The molecule has 0 amide bonds. The Bertz CT molecular complexity index is 586. The lowest BCUT2D eigenvalue weighted by Crippen LogP contribution is -2.26. The highest BCUT2D eigenvalue weighted by Crippen LogP contribution is 2.11. The van der Waals surface area contributed by atoms with E-state index in [2.05, 4.69) is 10.4 Å². The first-order valence-corrected chi connectivity index (χ1v) is 6.22. The van der Waals surface area contributed by atoms with E-state index in [1.807, 2.05) is 25.4 Å². The number of aliphatic hydroxyl groups excluding tert-OH is 1. The van der Waals surface area contributed by atoms with Crippen LogP contribution in [0.1, 0.15) is 5.56 Å². The maximum absolute atomic E-state index is 9.80. The summed E-state index contributed by atoms with van der Waals surface area (Å²) in [6.07, 6.45) is 1.18. The van der Waals surface area contributed by atoms with E-state index in [0.717, 1.165) is 0 Å². The maximum atomic E-state index is 9.80. The first-order valence-electron chi connectivity index (χ1n) is 6.22. The van der Waals surface area contributed by atoms with Crippen molar-refractivity contribution < 1.29 is 9.84 Å². The number of hydrogen-bond acceptors (Lipinski definition) is 5. The molecule has 2 aromatic rings. The normalized spacial score (nSPS) is 11.7. The maximum Gasteiger partial charge on any atom is 0.148 e. The van der Waals surface area contributed by atoms with E-state index in [4.69, 9.17) is 10.00 Å². The minimum Gasteiger partial charge on any atom is -0.491 e. The molecule has 6 heteroatoms. The summed E-state index contributed by atoms with van der Waals surface area (Å²) in [5.74, 6) is 1.34. The summed E-state index contributed by atoms with van der Waals surface area (Å²) in [5, 5.41) is 25.6. The quantitative estimate of drug-likeness (QED) is 0.824. The molecule has 0 saturated heterocycles. The number of rotatable bonds is 6. The molecule has 0 aliphatic heterocycles. The average Bonchev–Trinajstić information content (AvgIpc) is 2.89. The number of aryl methyl sites for hydroxylation is 1. The van der Waals surface area contributed by atoms with Gasteiger partial charge in [-0.25, -0.2) is 0 Å². The van der Waals surface area contributed by atoms with Gasteiger partial charge in [-0.15, -0.1) is 0 Å². The first-order chi connectivity index (χ1) is 9.67. The van der Waals surface area contributed by atoms with Gasteiger partial charge in [-0.1, -0.05) is 0 Å². The highest BCUT2D eigenvalue weighted by Gasteiger charge is 2.06. The predicted octanol–water partition coefficient (Wildman–Crippen LogP) is 1.14. The molecule has 0 fully saturated rings. The van der Waals surface area contributed by atoms with Crippen LogP contribution in [0.25, 0.3) is 0 Å². The summed E-state index contributed by atoms with van der Waals surface area (Å²) in [5.41, 5.74) is 0.578. The van der Waals surface area contributed by atoms with Crippen molar-refractivity contribution in [1.82, 2.24) is 9.78 Å². The van der Waals surface area contributed by atoms with Crippen molar-refractivity contribution in [2.24, 2.45) is 7.05 Å². The van der Waals surface area contributed by atoms with E-state index in [-0.39, 0.29) is 6.61 Å². The molecule has 0 aliphatic rings. The number of ether oxygens (including phenoxy) is 1. The smallest absolute Gasteiger partial charge is 0.148 e. The van der Waals surface area contributed by atoms with Crippen LogP contribution in [0.2, 0.25) is 0 Å². The van der Waals surface area contributed by atoms with Crippen LogP contribution in [0.5, 0.6) is 5.75 Å². The fourth-order valence-electron chi connectivity index (χ4n) is 1.61. The van der Waals surface area contributed by atoms with Gasteiger partial charge < -0.3 is 15.2 Å². The molecule has 20 heavy (non-hydrogen) atoms. The SMILES string of the molecule is Cn1ccc(NCC(O)COc2ccc(C#N)cc2)n1. The summed E-state index contributed by atoms with van der Waals surface area (Å²) < 4.78 is 7.12. The summed E-state index contributed by atoms with van der Waals surface area (Å²) >= 11 is 0. The summed E-state index contributed by atoms with van der Waals surface area (Å²) in [7, 11) is 1.83. The molecule has 0 spiro atoms. The Hall–Kier alpha value is -2.52. The van der Waals surface area contributed by atoms with Gasteiger partial charge in [0.15, 0.2) is 0 Å². The third kappa shape index (κ3) is 4.00. The summed E-state index contributed by atoms with van der Waals surface area (Å²) in [6.45, 7) is 0.527. The Morgan fingerprint density at radius 1 is 1.40 bits per heavy atom. The molecule has 1 unspecified atom stereocenters. The van der Waals surface area contributed by atoms with Crippen LogP contribution in [0.3, 0.4) is 0 Å². The molecule has 1 aromatic heterocycles. The number of anilines is 1. The van der Waals surface area contributed by atoms with Crippen LogP contribution in [-0.4, -0.2) is 34.1 Å². The van der Waals surface area contributed by atoms with Crippen molar-refractivity contribution in [2.45, 2.75) is 6.10 Å². The Morgan fingerprint density at radius 2 is 2.15 bits per heavy atom. The third-order valence-corrected chi connectivity index (χ3v) is 2.66. The molecule has 2 rings (SSSR count). The number of aromatic nitrogens is 2. The zero-order valence-corrected chi connectivity index (χ0v) is 11.2. The second-order valence-corrected chi connectivity index (χ2v) is 4.36. The monoisotopic (exact) mass is 272 g/mol. The molecule has 2 N–H and O–H groups in total. The van der Waals surface area contributed by atoms with Gasteiger partial charge in [0.2, 0.25) is 0 Å². The minimum atomic E-state index is -0.646. The molecule has 1 atom stereocenters. The first kappa shape index (κ1) is 13.9. The average molecular weight is 272 g/mol. The number of nitrogens with zero attached hydrogens (tertiary/aromatic N) is 3. The van der Waals surface area contributed by atoms with Crippen molar-refractivity contribution in [2.75, 3.05) is 18.5 Å². The second kappa shape index (κ2) is 6.59. The van der Waals surface area contributed by atoms with Crippen LogP contribution >= 0.6 is 0 Å². The van der Waals surface area contributed by atoms with Gasteiger partial charge >= 0.3 is 0 Å². The van der Waals surface area contributed by atoms with Gasteiger partial charge in [-0.2, -0.15) is 10.4 Å². The summed E-state index contributed by atoms with van der Waals surface area (Å²) in [6, 6.07) is 10.6. The molecule has 0 saturated carbocycles. The lowest BCUT2D eigenvalue weighted by atomic mass is 10.2. The highest BCUT2D eigenvalue weighted by atomic mass is 16.5. The van der Waals surface area contributed by atoms with E-state index >= 15 is 0 Å². The molecule has 0 radical (unpaired) electrons. The number of aliphatic hydroxyl groups is 1. The third-order valence-electron chi connectivity index (χ3n) is 2.66. The van der Waals surface area contributed by atoms with E-state index < -0.39 is 6.10 Å². The van der Waals surface area contributed by atoms with E-state index in [9.17, 15) is 5.11 Å². The van der Waals surface area contributed by atoms with Crippen LogP contribution in [-0.2, 0) is 7.05 Å². The number of hydrogen-bond donors (Lipinski definition) is 2. The van der Waals surface area contributed by atoms with E-state index in [1.165, 1.54) is 0 Å². The Labute approximate surface area is 117 Å². The minimum absolute atomic E-state index is 0.172. The molecule has 1 heterocycles. The number of benzene rings is 1. The zero-order valence-electron chi connectivity index (χ0n) is 11.2. The van der Waals surface area contributed by atoms with Gasteiger partial charge in [0.25, 0.3) is 0 Å². The summed E-state index contributed by atoms with van der Waals surface area (Å²) in [4.78, 5) is 0. The lowest BCUT2D eigenvalue weighted by Gasteiger charge is -2.12. The van der Waals surface area contributed by atoms with Crippen molar-refractivity contribution in [3.8, 4) is 11.8 Å². The Kier molecular flexibility index (Phi) is 4.58. The Balaban J connectivity index is 1.74. The van der Waals surface area contributed by atoms with E-state index in [0.29, 0.717) is 23.7 Å². The molecule has 0 bridgehead atoms. The molecular weight excluding hydrogens is 256 g/mol. The lowest BCUT2D eigenvalue weighted by molar-refractivity contribution is 0.117. The van der Waals surface area contributed by atoms with Crippen molar-refractivity contribution in [3.63, 3.8) is 0 Å². The molecule has 104 valence electrons. The van der Waals surface area contributed by atoms with Gasteiger partial charge in [-0.05, 0) is 24.3 Å². The zero-order chi connectivity index (χ0) is 14.4. The topological polar surface area (TPSA) is 83.1 Å². The molecule has 0 aliphatic carbocycles. The number of nitriles is 1. The molecular formula is C14H16N4O2. The number of nitrogens with one attached hydrogen (secondary N) is 1. The van der Waals surface area contributed by atoms with Crippen LogP contribution < -0.4 is 10.1 Å². The van der Waals surface area contributed by atoms with Gasteiger partial charge in [0.05, 0.1) is 11.6 Å². The van der Waals surface area contributed by atoms with Crippen LogP contribution in [0.4, 0.5) is 5.82 Å². The van der Waals surface area contributed by atoms with Gasteiger partial charge in [0, 0.05) is 25.9 Å². The predicted molar refractivity (Wildman–Crippen MR) is 74.4 cm³/mol. The fraction of sp³-hybridized carbons (Fsp3) is 0.286. The molecule has 1 aromatic carbocycles. The largest absolute Gasteiger partial charge is 0.491 e. The van der Waals surface area contributed by atoms with Crippen molar-refractivity contribution >= 4 is 5.82 Å². The van der Waals surface area contributed by atoms with Crippen LogP contribution in [0.15, 0.2) is 36.5 Å². The standard InChI is InChI=1S/C14H16N4O2/c1-18-7-6-14(17-18)16-9-12(19)10-20-13-4-2-11(8-15)3-5-13/h2-7,12,19H,9-10H2,1H3,(H,16,17). The Morgan fingerprint density at radius 3 is 2.75 bits per heavy atom. The highest BCUT2D eigenvalue weighted by molar-refractivity contribution is 5.34. The van der Waals surface area contributed by atoms with Gasteiger partial charge in [-0.3, -0.25) is 4.68 Å². The van der Waals surface area contributed by atoms with E-state index in [1.54, 1.807) is 28.9 Å². The fourth-order valence-corrected chi connectivity index (χ4v) is 1.61. The van der Waals surface area contributed by atoms with Crippen molar-refractivity contribution in [1.29, 1.82) is 5.26 Å². The second-order valence-electron chi connectivity index (χ2n) is 4.36. The van der Waals surface area contributed by atoms with Crippen molar-refractivity contribution in [3.05, 3.63) is 42.1 Å². The van der Waals surface area contributed by atoms with Crippen LogP contribution in [0, 0.1) is 11.3 Å². The molecule has 6 nitrogen and oxygen atoms in total. The van der Waals surface area contributed by atoms with Gasteiger partial charge in [0.1, 0.15) is 24.3 Å².